The standard InChI is InChI=1S/C77H51N5/c1-77(2)66-35-34-64-62-32-16-15-30-60(62)61-31-17-18-33-63(61)70(64)72(66)73-67(77)36-37-69-71(73)65-47-78-39-38-68(65)82(69)59-29-19-28-52(46-59)74-79-75(57-42-53(48-20-7-3-8-21-48)40-54(43-57)49-22-9-4-10-23-49)81-76(80-74)58-44-55(50-24-11-5-12-25-50)41-56(45-58)51-26-13-6-14-27-51/h3-47H,1-2H3. The number of benzene rings is 12. The SMILES string of the molecule is CC1(C)c2ccc3c4ccccc4c4ccccc4c3c2-c2c1ccc1c2c2cnccc2n1-c1cccc(-c2nc(-c3cc(-c4ccccc4)cc(-c4ccccc4)c3)nc(-c3cc(-c4ccccc4)cc(-c4ccccc4)c3)n2)c1. The van der Waals surface area contributed by atoms with Crippen molar-refractivity contribution in [3.63, 3.8) is 0 Å². The van der Waals surface area contributed by atoms with Crippen molar-refractivity contribution in [2.24, 2.45) is 0 Å². The molecule has 0 unspecified atom stereocenters. The van der Waals surface area contributed by atoms with Crippen LogP contribution in [0.4, 0.5) is 0 Å². The van der Waals surface area contributed by atoms with Gasteiger partial charge in [-0.2, -0.15) is 0 Å². The fraction of sp³-hybridized carbons (Fsp3) is 0.0390. The number of fused-ring (bicyclic) bond motifs is 14. The molecule has 0 spiro atoms. The molecule has 16 rings (SSSR count). The Bertz CT molecular complexity index is 4750. The summed E-state index contributed by atoms with van der Waals surface area (Å²) in [5.41, 5.74) is 19.6. The predicted octanol–water partition coefficient (Wildman–Crippen LogP) is 19.8. The first-order valence-electron chi connectivity index (χ1n) is 28.1. The van der Waals surface area contributed by atoms with Crippen molar-refractivity contribution >= 4 is 54.1 Å². The zero-order chi connectivity index (χ0) is 54.5. The molecule has 0 bridgehead atoms. The van der Waals surface area contributed by atoms with E-state index < -0.39 is 0 Å². The average Bonchev–Trinajstić information content (AvgIpc) is 2.07. The maximum Gasteiger partial charge on any atom is 0.164 e. The molecule has 3 heterocycles. The van der Waals surface area contributed by atoms with Gasteiger partial charge in [-0.3, -0.25) is 4.98 Å². The van der Waals surface area contributed by atoms with Gasteiger partial charge in [0.05, 0.1) is 11.0 Å². The van der Waals surface area contributed by atoms with Crippen molar-refractivity contribution in [3.8, 4) is 95.5 Å². The molecule has 0 amide bonds. The Kier molecular flexibility index (Phi) is 10.8. The summed E-state index contributed by atoms with van der Waals surface area (Å²) in [7, 11) is 0. The Hall–Kier alpha value is -10.6. The van der Waals surface area contributed by atoms with Crippen molar-refractivity contribution in [1.82, 2.24) is 24.5 Å². The van der Waals surface area contributed by atoms with Gasteiger partial charge in [0.1, 0.15) is 0 Å². The summed E-state index contributed by atoms with van der Waals surface area (Å²) in [6.07, 6.45) is 3.98. The molecule has 0 atom stereocenters. The lowest BCUT2D eigenvalue weighted by Crippen LogP contribution is -2.14. The van der Waals surface area contributed by atoms with Crippen molar-refractivity contribution in [1.29, 1.82) is 0 Å². The van der Waals surface area contributed by atoms with E-state index in [-0.39, 0.29) is 5.41 Å². The van der Waals surface area contributed by atoms with Crippen LogP contribution in [0.15, 0.2) is 273 Å². The highest BCUT2D eigenvalue weighted by Gasteiger charge is 2.39. The molecule has 15 aromatic rings. The summed E-state index contributed by atoms with van der Waals surface area (Å²) >= 11 is 0. The van der Waals surface area contributed by atoms with Gasteiger partial charge < -0.3 is 4.57 Å². The van der Waals surface area contributed by atoms with Crippen LogP contribution in [0.3, 0.4) is 0 Å². The zero-order valence-electron chi connectivity index (χ0n) is 45.2. The topological polar surface area (TPSA) is 56.5 Å². The van der Waals surface area contributed by atoms with E-state index in [9.17, 15) is 0 Å². The molecule has 0 fully saturated rings. The second-order valence-electron chi connectivity index (χ2n) is 22.2. The summed E-state index contributed by atoms with van der Waals surface area (Å²) < 4.78 is 2.41. The minimum Gasteiger partial charge on any atom is -0.309 e. The van der Waals surface area contributed by atoms with Crippen molar-refractivity contribution in [3.05, 3.63) is 284 Å². The smallest absolute Gasteiger partial charge is 0.164 e. The van der Waals surface area contributed by atoms with Crippen molar-refractivity contribution in [2.75, 3.05) is 0 Å². The van der Waals surface area contributed by atoms with Gasteiger partial charge in [-0.25, -0.2) is 15.0 Å². The lowest BCUT2D eigenvalue weighted by molar-refractivity contribution is 0.661. The number of hydrogen-bond acceptors (Lipinski definition) is 4. The lowest BCUT2D eigenvalue weighted by atomic mass is 9.81. The van der Waals surface area contributed by atoms with Gasteiger partial charge in [-0.05, 0) is 160 Å². The van der Waals surface area contributed by atoms with Crippen molar-refractivity contribution in [2.45, 2.75) is 19.3 Å². The molecule has 1 aliphatic carbocycles. The van der Waals surface area contributed by atoms with Crippen LogP contribution in [-0.4, -0.2) is 24.5 Å². The fourth-order valence-electron chi connectivity index (χ4n) is 13.2. The number of aromatic nitrogens is 5. The van der Waals surface area contributed by atoms with Crippen LogP contribution in [0.5, 0.6) is 0 Å². The van der Waals surface area contributed by atoms with Crippen LogP contribution in [-0.2, 0) is 5.41 Å². The van der Waals surface area contributed by atoms with Crippen LogP contribution in [0.25, 0.3) is 150 Å². The van der Waals surface area contributed by atoms with Crippen LogP contribution >= 0.6 is 0 Å². The summed E-state index contributed by atoms with van der Waals surface area (Å²) in [5, 5.41) is 9.95. The molecule has 384 valence electrons. The van der Waals surface area contributed by atoms with E-state index in [1.54, 1.807) is 0 Å². The molecule has 1 aliphatic rings. The summed E-state index contributed by atoms with van der Waals surface area (Å²) in [6.45, 7) is 4.77. The second-order valence-corrected chi connectivity index (χ2v) is 22.2. The number of hydrogen-bond donors (Lipinski definition) is 0. The van der Waals surface area contributed by atoms with Crippen LogP contribution in [0, 0.1) is 0 Å². The van der Waals surface area contributed by atoms with Gasteiger partial charge in [0.2, 0.25) is 0 Å². The number of nitrogens with zero attached hydrogens (tertiary/aromatic N) is 5. The van der Waals surface area contributed by atoms with Gasteiger partial charge in [0, 0.05) is 51.0 Å². The first-order chi connectivity index (χ1) is 40.4. The third kappa shape index (κ3) is 7.62. The molecular weight excluding hydrogens is 995 g/mol. The molecule has 0 N–H and O–H groups in total. The summed E-state index contributed by atoms with van der Waals surface area (Å²) in [6, 6.07) is 93.8. The van der Waals surface area contributed by atoms with E-state index >= 15 is 0 Å². The minimum atomic E-state index is -0.255. The Labute approximate surface area is 475 Å². The van der Waals surface area contributed by atoms with Gasteiger partial charge in [-0.1, -0.05) is 214 Å². The van der Waals surface area contributed by atoms with E-state index in [2.05, 4.69) is 285 Å². The number of rotatable bonds is 8. The highest BCUT2D eigenvalue weighted by Crippen LogP contribution is 2.57. The highest BCUT2D eigenvalue weighted by molar-refractivity contribution is 6.31. The van der Waals surface area contributed by atoms with Crippen LogP contribution < -0.4 is 0 Å². The van der Waals surface area contributed by atoms with Crippen LogP contribution in [0.2, 0.25) is 0 Å². The van der Waals surface area contributed by atoms with Gasteiger partial charge >= 0.3 is 0 Å². The molecule has 0 saturated heterocycles. The largest absolute Gasteiger partial charge is 0.309 e. The molecule has 82 heavy (non-hydrogen) atoms. The van der Waals surface area contributed by atoms with Gasteiger partial charge in [0.15, 0.2) is 17.5 Å². The summed E-state index contributed by atoms with van der Waals surface area (Å²) in [4.78, 5) is 21.3. The predicted molar refractivity (Wildman–Crippen MR) is 340 cm³/mol. The van der Waals surface area contributed by atoms with Gasteiger partial charge in [-0.15, -0.1) is 0 Å². The van der Waals surface area contributed by atoms with Gasteiger partial charge in [0.25, 0.3) is 0 Å². The maximum atomic E-state index is 5.50. The van der Waals surface area contributed by atoms with E-state index in [4.69, 9.17) is 19.9 Å². The minimum absolute atomic E-state index is 0.255. The monoisotopic (exact) mass is 1050 g/mol. The molecule has 0 aliphatic heterocycles. The van der Waals surface area contributed by atoms with E-state index in [0.29, 0.717) is 17.5 Å². The molecule has 0 radical (unpaired) electrons. The Balaban J connectivity index is 0.931. The second kappa shape index (κ2) is 18.8. The Morgan fingerprint density at radius 2 is 0.695 bits per heavy atom. The third-order valence-corrected chi connectivity index (χ3v) is 17.0. The quantitative estimate of drug-likeness (QED) is 0.142. The molecular formula is C77H51N5. The molecule has 3 aromatic heterocycles. The molecule has 12 aromatic carbocycles. The average molecular weight is 1050 g/mol. The van der Waals surface area contributed by atoms with E-state index in [0.717, 1.165) is 83.3 Å². The molecule has 5 nitrogen and oxygen atoms in total. The lowest BCUT2D eigenvalue weighted by Gasteiger charge is -2.22. The van der Waals surface area contributed by atoms with E-state index in [1.165, 1.54) is 60.0 Å². The summed E-state index contributed by atoms with van der Waals surface area (Å²) in [5.74, 6) is 1.74. The van der Waals surface area contributed by atoms with Crippen LogP contribution in [0.1, 0.15) is 25.0 Å². The zero-order valence-corrected chi connectivity index (χ0v) is 45.2. The fourth-order valence-corrected chi connectivity index (χ4v) is 13.2. The maximum absolute atomic E-state index is 5.50. The van der Waals surface area contributed by atoms with E-state index in [1.807, 2.05) is 6.20 Å². The normalized spacial score (nSPS) is 12.6. The third-order valence-electron chi connectivity index (χ3n) is 17.0. The molecule has 5 heteroatoms. The first-order valence-corrected chi connectivity index (χ1v) is 28.1. The Morgan fingerprint density at radius 1 is 0.293 bits per heavy atom. The first kappa shape index (κ1) is 47.4. The highest BCUT2D eigenvalue weighted by atomic mass is 15.0. The number of pyridine rings is 1. The Morgan fingerprint density at radius 3 is 1.21 bits per heavy atom. The van der Waals surface area contributed by atoms with Crippen molar-refractivity contribution < 1.29 is 0 Å². The molecule has 0 saturated carbocycles.